The Morgan fingerprint density at radius 1 is 1.18 bits per heavy atom. The fourth-order valence-corrected chi connectivity index (χ4v) is 6.44. The van der Waals surface area contributed by atoms with Crippen molar-refractivity contribution in [1.29, 1.82) is 0 Å². The highest BCUT2D eigenvalue weighted by Crippen LogP contribution is 2.45. The SMILES string of the molecule is Cc1nn(C)cc1S(=O)(=O)NC(=O)c1ccc(-n2ccc(OCC3(C)CC3)n2)nc1N1CC(C(C)C)CC1(C)C. The van der Waals surface area contributed by atoms with Crippen molar-refractivity contribution in [3.8, 4) is 11.7 Å². The van der Waals surface area contributed by atoms with Crippen molar-refractivity contribution in [2.24, 2.45) is 24.3 Å². The van der Waals surface area contributed by atoms with E-state index in [0.29, 0.717) is 48.2 Å². The van der Waals surface area contributed by atoms with Gasteiger partial charge in [0.1, 0.15) is 10.7 Å². The molecule has 40 heavy (non-hydrogen) atoms. The summed E-state index contributed by atoms with van der Waals surface area (Å²) in [6.45, 7) is 13.7. The van der Waals surface area contributed by atoms with Gasteiger partial charge in [0.2, 0.25) is 5.88 Å². The Kier molecular flexibility index (Phi) is 6.96. The molecule has 0 aromatic carbocycles. The molecule has 1 N–H and O–H groups in total. The molecule has 1 atom stereocenters. The average molecular weight is 570 g/mol. The van der Waals surface area contributed by atoms with E-state index in [1.54, 1.807) is 43.0 Å². The predicted molar refractivity (Wildman–Crippen MR) is 151 cm³/mol. The summed E-state index contributed by atoms with van der Waals surface area (Å²) in [6.07, 6.45) is 6.38. The van der Waals surface area contributed by atoms with Crippen LogP contribution in [0.4, 0.5) is 5.82 Å². The Morgan fingerprint density at radius 3 is 2.50 bits per heavy atom. The van der Waals surface area contributed by atoms with Gasteiger partial charge < -0.3 is 9.64 Å². The minimum absolute atomic E-state index is 0.0417. The van der Waals surface area contributed by atoms with E-state index < -0.39 is 15.9 Å². The molecule has 1 saturated carbocycles. The second-order valence-electron chi connectivity index (χ2n) is 12.6. The maximum absolute atomic E-state index is 13.6. The molecule has 12 heteroatoms. The van der Waals surface area contributed by atoms with E-state index in [4.69, 9.17) is 9.72 Å². The monoisotopic (exact) mass is 569 g/mol. The van der Waals surface area contributed by atoms with E-state index in [1.165, 1.54) is 10.9 Å². The summed E-state index contributed by atoms with van der Waals surface area (Å²) in [5.41, 5.74) is 0.417. The molecule has 1 saturated heterocycles. The number of carbonyl (C=O) groups excluding carboxylic acids is 1. The molecule has 3 aromatic rings. The van der Waals surface area contributed by atoms with Crippen molar-refractivity contribution < 1.29 is 17.9 Å². The molecule has 2 fully saturated rings. The number of amides is 1. The van der Waals surface area contributed by atoms with Gasteiger partial charge in [-0.25, -0.2) is 22.8 Å². The third-order valence-electron chi connectivity index (χ3n) is 8.17. The molecular weight excluding hydrogens is 530 g/mol. The molecule has 0 spiro atoms. The molecule has 11 nitrogen and oxygen atoms in total. The Hall–Kier alpha value is -3.41. The van der Waals surface area contributed by atoms with Crippen LogP contribution in [0.2, 0.25) is 0 Å². The van der Waals surface area contributed by atoms with Crippen LogP contribution in [-0.2, 0) is 17.1 Å². The first kappa shape index (κ1) is 28.1. The molecule has 0 radical (unpaired) electrons. The summed E-state index contributed by atoms with van der Waals surface area (Å²) < 4.78 is 37.4. The van der Waals surface area contributed by atoms with Gasteiger partial charge in [0.05, 0.1) is 17.9 Å². The summed E-state index contributed by atoms with van der Waals surface area (Å²) in [5, 5.41) is 8.66. The molecule has 1 unspecified atom stereocenters. The van der Waals surface area contributed by atoms with Crippen molar-refractivity contribution in [2.75, 3.05) is 18.1 Å². The molecule has 2 aliphatic rings. The van der Waals surface area contributed by atoms with Crippen LogP contribution in [0.3, 0.4) is 0 Å². The average Bonchev–Trinajstić information content (AvgIpc) is 3.19. The number of sulfonamides is 1. The number of ether oxygens (including phenoxy) is 1. The molecule has 1 aliphatic carbocycles. The number of aryl methyl sites for hydroxylation is 2. The van der Waals surface area contributed by atoms with Gasteiger partial charge in [-0.2, -0.15) is 5.10 Å². The molecule has 1 amide bonds. The van der Waals surface area contributed by atoms with Crippen LogP contribution in [0.5, 0.6) is 5.88 Å². The standard InChI is InChI=1S/C28H39N7O4S/c1-18(2)20-14-27(4,5)34(15-20)25-21(26(36)32-40(37,38)22-16-33(7)30-19(22)3)8-9-23(29-25)35-13-10-24(31-35)39-17-28(6)11-12-28/h8-10,13,16,18,20H,11-12,14-15,17H2,1-7H3,(H,32,36). The van der Waals surface area contributed by atoms with Crippen molar-refractivity contribution in [2.45, 2.75) is 71.2 Å². The summed E-state index contributed by atoms with van der Waals surface area (Å²) in [7, 11) is -2.51. The highest BCUT2D eigenvalue weighted by atomic mass is 32.2. The quantitative estimate of drug-likeness (QED) is 0.412. The first-order valence-corrected chi connectivity index (χ1v) is 15.2. The molecule has 0 bridgehead atoms. The number of pyridine rings is 1. The summed E-state index contributed by atoms with van der Waals surface area (Å²) >= 11 is 0. The topological polar surface area (TPSA) is 124 Å². The first-order chi connectivity index (χ1) is 18.7. The fraction of sp³-hybridized carbons (Fsp3) is 0.571. The van der Waals surface area contributed by atoms with Gasteiger partial charge in [-0.3, -0.25) is 9.48 Å². The number of hydrogen-bond donors (Lipinski definition) is 1. The molecule has 3 aromatic heterocycles. The fourth-order valence-electron chi connectivity index (χ4n) is 5.26. The van der Waals surface area contributed by atoms with E-state index >= 15 is 0 Å². The number of hydrogen-bond acceptors (Lipinski definition) is 8. The van der Waals surface area contributed by atoms with E-state index in [9.17, 15) is 13.2 Å². The maximum atomic E-state index is 13.6. The van der Waals surface area contributed by atoms with Gasteiger partial charge in [-0.15, -0.1) is 5.10 Å². The van der Waals surface area contributed by atoms with Crippen molar-refractivity contribution in [3.63, 3.8) is 0 Å². The number of nitrogens with one attached hydrogen (secondary N) is 1. The van der Waals surface area contributed by atoms with Gasteiger partial charge >= 0.3 is 0 Å². The lowest BCUT2D eigenvalue weighted by Gasteiger charge is -2.34. The van der Waals surface area contributed by atoms with Crippen LogP contribution >= 0.6 is 0 Å². The third kappa shape index (κ3) is 5.59. The Bertz CT molecular complexity index is 1540. The van der Waals surface area contributed by atoms with Crippen molar-refractivity contribution >= 4 is 21.7 Å². The number of anilines is 1. The van der Waals surface area contributed by atoms with Gasteiger partial charge in [0.25, 0.3) is 15.9 Å². The zero-order valence-electron chi connectivity index (χ0n) is 24.3. The molecule has 1 aliphatic heterocycles. The lowest BCUT2D eigenvalue weighted by Crippen LogP contribution is -2.41. The zero-order valence-corrected chi connectivity index (χ0v) is 25.1. The second-order valence-corrected chi connectivity index (χ2v) is 14.2. The smallest absolute Gasteiger partial charge is 0.268 e. The Morgan fingerprint density at radius 2 is 1.90 bits per heavy atom. The lowest BCUT2D eigenvalue weighted by atomic mass is 9.89. The zero-order chi connectivity index (χ0) is 29.0. The van der Waals surface area contributed by atoms with Gasteiger partial charge in [-0.05, 0) is 64.0 Å². The molecule has 5 rings (SSSR count). The van der Waals surface area contributed by atoms with E-state index in [1.807, 2.05) is 0 Å². The molecule has 4 heterocycles. The van der Waals surface area contributed by atoms with Crippen molar-refractivity contribution in [1.82, 2.24) is 29.3 Å². The van der Waals surface area contributed by atoms with Crippen molar-refractivity contribution in [3.05, 3.63) is 41.9 Å². The van der Waals surface area contributed by atoms with Crippen LogP contribution in [0, 0.1) is 24.2 Å². The van der Waals surface area contributed by atoms with Gasteiger partial charge in [0.15, 0.2) is 5.82 Å². The van der Waals surface area contributed by atoms with E-state index in [-0.39, 0.29) is 21.4 Å². The van der Waals surface area contributed by atoms with Crippen LogP contribution in [0.25, 0.3) is 5.82 Å². The summed E-state index contributed by atoms with van der Waals surface area (Å²) in [6, 6.07) is 5.08. The van der Waals surface area contributed by atoms with Crippen LogP contribution in [0.15, 0.2) is 35.5 Å². The second kappa shape index (κ2) is 9.90. The minimum Gasteiger partial charge on any atom is -0.476 e. The molecule has 216 valence electrons. The van der Waals surface area contributed by atoms with Gasteiger partial charge in [0, 0.05) is 43.0 Å². The lowest BCUT2D eigenvalue weighted by molar-refractivity contribution is 0.0981. The maximum Gasteiger partial charge on any atom is 0.268 e. The van der Waals surface area contributed by atoms with E-state index in [2.05, 4.69) is 54.4 Å². The predicted octanol–water partition coefficient (Wildman–Crippen LogP) is 3.87. The molecular formula is C28H39N7O4S. The summed E-state index contributed by atoms with van der Waals surface area (Å²) in [4.78, 5) is 20.5. The van der Waals surface area contributed by atoms with Crippen LogP contribution in [0.1, 0.15) is 69.9 Å². The summed E-state index contributed by atoms with van der Waals surface area (Å²) in [5.74, 6) is 1.53. The highest BCUT2D eigenvalue weighted by molar-refractivity contribution is 7.90. The number of nitrogens with zero attached hydrogens (tertiary/aromatic N) is 6. The van der Waals surface area contributed by atoms with Crippen LogP contribution in [-0.4, -0.2) is 57.6 Å². The highest BCUT2D eigenvalue weighted by Gasteiger charge is 2.42. The van der Waals surface area contributed by atoms with E-state index in [0.717, 1.165) is 19.3 Å². The first-order valence-electron chi connectivity index (χ1n) is 13.7. The normalized spacial score (nSPS) is 19.7. The van der Waals surface area contributed by atoms with Crippen LogP contribution < -0.4 is 14.4 Å². The largest absolute Gasteiger partial charge is 0.476 e. The minimum atomic E-state index is -4.15. The number of aromatic nitrogens is 5. The number of rotatable bonds is 9. The number of carbonyl (C=O) groups is 1. The Balaban J connectivity index is 1.50. The van der Waals surface area contributed by atoms with Gasteiger partial charge in [-0.1, -0.05) is 20.8 Å². The third-order valence-corrected chi connectivity index (χ3v) is 9.60. The Labute approximate surface area is 236 Å².